The maximum absolute atomic E-state index is 12.4. The maximum Gasteiger partial charge on any atom is 0.250 e. The van der Waals surface area contributed by atoms with Crippen LogP contribution >= 0.6 is 0 Å². The molecule has 102 valence electrons. The third-order valence-corrected chi connectivity index (χ3v) is 3.25. The second kappa shape index (κ2) is 5.43. The van der Waals surface area contributed by atoms with Gasteiger partial charge in [-0.1, -0.05) is 31.5 Å². The summed E-state index contributed by atoms with van der Waals surface area (Å²) in [6.07, 6.45) is 0.674. The minimum absolute atomic E-state index is 0.0165. The molecule has 1 atom stereocenters. The molecule has 1 saturated heterocycles. The summed E-state index contributed by atoms with van der Waals surface area (Å²) in [6.45, 7) is 6.20. The number of hydrogen-bond donors (Lipinski definition) is 1. The van der Waals surface area contributed by atoms with E-state index in [1.54, 1.807) is 4.90 Å². The number of carbonyl (C=O) groups is 2. The van der Waals surface area contributed by atoms with Gasteiger partial charge in [-0.25, -0.2) is 0 Å². The van der Waals surface area contributed by atoms with Crippen LogP contribution in [0.5, 0.6) is 0 Å². The van der Waals surface area contributed by atoms with Crippen molar-refractivity contribution in [3.63, 3.8) is 0 Å². The molecule has 4 nitrogen and oxygen atoms in total. The fourth-order valence-corrected chi connectivity index (χ4v) is 2.29. The molecule has 1 unspecified atom stereocenters. The summed E-state index contributed by atoms with van der Waals surface area (Å²) in [4.78, 5) is 25.7. The minimum Gasteiger partial charge on any atom is -0.343 e. The molecule has 1 aliphatic rings. The van der Waals surface area contributed by atoms with Gasteiger partial charge in [0.2, 0.25) is 11.8 Å². The number of carbonyl (C=O) groups excluding carboxylic acids is 2. The highest BCUT2D eigenvalue weighted by molar-refractivity contribution is 6.06. The lowest BCUT2D eigenvalue weighted by Gasteiger charge is -2.33. The first kappa shape index (κ1) is 13.6. The van der Waals surface area contributed by atoms with Crippen LogP contribution in [0.4, 0.5) is 5.69 Å². The van der Waals surface area contributed by atoms with Crippen molar-refractivity contribution in [1.29, 1.82) is 0 Å². The molecule has 2 rings (SSSR count). The average Bonchev–Trinajstić information content (AvgIpc) is 2.34. The molecular formula is C15H20N2O2. The van der Waals surface area contributed by atoms with E-state index >= 15 is 0 Å². The normalized spacial score (nSPS) is 19.8. The van der Waals surface area contributed by atoms with Gasteiger partial charge < -0.3 is 10.2 Å². The van der Waals surface area contributed by atoms with Crippen LogP contribution in [0.2, 0.25) is 0 Å². The smallest absolute Gasteiger partial charge is 0.250 e. The number of benzene rings is 1. The Kier molecular flexibility index (Phi) is 3.88. The van der Waals surface area contributed by atoms with E-state index in [0.717, 1.165) is 11.3 Å². The topological polar surface area (TPSA) is 49.4 Å². The van der Waals surface area contributed by atoms with E-state index in [4.69, 9.17) is 0 Å². The molecular weight excluding hydrogens is 240 g/mol. The van der Waals surface area contributed by atoms with Crippen LogP contribution in [-0.4, -0.2) is 24.4 Å². The van der Waals surface area contributed by atoms with E-state index in [0.29, 0.717) is 12.3 Å². The minimum atomic E-state index is -0.400. The fraction of sp³-hybridized carbons (Fsp3) is 0.467. The largest absolute Gasteiger partial charge is 0.343 e. The summed E-state index contributed by atoms with van der Waals surface area (Å²) >= 11 is 0. The van der Waals surface area contributed by atoms with Crippen molar-refractivity contribution in [2.45, 2.75) is 33.2 Å². The SMILES string of the molecule is Cc1ccc(N2CC(=O)NC(CC(C)C)C2=O)cc1. The third kappa shape index (κ3) is 3.13. The van der Waals surface area contributed by atoms with Gasteiger partial charge in [-0.3, -0.25) is 9.59 Å². The van der Waals surface area contributed by atoms with Crippen LogP contribution in [0.15, 0.2) is 24.3 Å². The number of hydrogen-bond acceptors (Lipinski definition) is 2. The molecule has 1 heterocycles. The third-order valence-electron chi connectivity index (χ3n) is 3.25. The van der Waals surface area contributed by atoms with Gasteiger partial charge >= 0.3 is 0 Å². The van der Waals surface area contributed by atoms with E-state index in [-0.39, 0.29) is 18.4 Å². The average molecular weight is 260 g/mol. The standard InChI is InChI=1S/C15H20N2O2/c1-10(2)8-13-15(19)17(9-14(18)16-13)12-6-4-11(3)5-7-12/h4-7,10,13H,8-9H2,1-3H3,(H,16,18). The van der Waals surface area contributed by atoms with Crippen LogP contribution in [0.3, 0.4) is 0 Å². The highest BCUT2D eigenvalue weighted by Gasteiger charge is 2.33. The zero-order valence-electron chi connectivity index (χ0n) is 11.6. The van der Waals surface area contributed by atoms with Crippen LogP contribution < -0.4 is 10.2 Å². The summed E-state index contributed by atoms with van der Waals surface area (Å²) in [5, 5.41) is 2.78. The van der Waals surface area contributed by atoms with Gasteiger partial charge in [-0.05, 0) is 31.4 Å². The number of aryl methyl sites for hydroxylation is 1. The Morgan fingerprint density at radius 1 is 1.26 bits per heavy atom. The summed E-state index contributed by atoms with van der Waals surface area (Å²) in [7, 11) is 0. The Labute approximate surface area is 113 Å². The van der Waals surface area contributed by atoms with Gasteiger partial charge in [0, 0.05) is 5.69 Å². The van der Waals surface area contributed by atoms with Gasteiger partial charge in [0.25, 0.3) is 0 Å². The molecule has 0 aromatic heterocycles. The molecule has 0 aliphatic carbocycles. The Morgan fingerprint density at radius 3 is 2.47 bits per heavy atom. The van der Waals surface area contributed by atoms with E-state index in [2.05, 4.69) is 5.32 Å². The molecule has 1 aromatic carbocycles. The molecule has 0 radical (unpaired) electrons. The van der Waals surface area contributed by atoms with E-state index in [1.165, 1.54) is 0 Å². The molecule has 4 heteroatoms. The molecule has 1 aromatic rings. The Balaban J connectivity index is 2.21. The van der Waals surface area contributed by atoms with Gasteiger partial charge in [0.1, 0.15) is 12.6 Å². The first-order valence-corrected chi connectivity index (χ1v) is 6.65. The Bertz CT molecular complexity index is 479. The monoisotopic (exact) mass is 260 g/mol. The van der Waals surface area contributed by atoms with E-state index < -0.39 is 6.04 Å². The molecule has 0 bridgehead atoms. The molecule has 1 aliphatic heterocycles. The van der Waals surface area contributed by atoms with E-state index in [9.17, 15) is 9.59 Å². The quantitative estimate of drug-likeness (QED) is 0.902. The lowest BCUT2D eigenvalue weighted by molar-refractivity contribution is -0.131. The molecule has 19 heavy (non-hydrogen) atoms. The van der Waals surface area contributed by atoms with Crippen molar-refractivity contribution in [3.05, 3.63) is 29.8 Å². The number of amides is 2. The maximum atomic E-state index is 12.4. The molecule has 1 fully saturated rings. The molecule has 0 spiro atoms. The zero-order valence-corrected chi connectivity index (χ0v) is 11.6. The number of anilines is 1. The van der Waals surface area contributed by atoms with Crippen LogP contribution in [0, 0.1) is 12.8 Å². The zero-order chi connectivity index (χ0) is 14.0. The van der Waals surface area contributed by atoms with Crippen molar-refractivity contribution >= 4 is 17.5 Å². The number of nitrogens with one attached hydrogen (secondary N) is 1. The van der Waals surface area contributed by atoms with Gasteiger partial charge in [0.05, 0.1) is 0 Å². The van der Waals surface area contributed by atoms with Crippen LogP contribution in [0.1, 0.15) is 25.8 Å². The van der Waals surface area contributed by atoms with Crippen LogP contribution in [0.25, 0.3) is 0 Å². The van der Waals surface area contributed by atoms with Gasteiger partial charge in [0.15, 0.2) is 0 Å². The molecule has 0 saturated carbocycles. The highest BCUT2D eigenvalue weighted by Crippen LogP contribution is 2.20. The lowest BCUT2D eigenvalue weighted by atomic mass is 10.0. The van der Waals surface area contributed by atoms with Gasteiger partial charge in [-0.15, -0.1) is 0 Å². The highest BCUT2D eigenvalue weighted by atomic mass is 16.2. The van der Waals surface area contributed by atoms with Crippen molar-refractivity contribution in [1.82, 2.24) is 5.32 Å². The van der Waals surface area contributed by atoms with Crippen molar-refractivity contribution in [2.24, 2.45) is 5.92 Å². The van der Waals surface area contributed by atoms with Crippen molar-refractivity contribution in [3.8, 4) is 0 Å². The fourth-order valence-electron chi connectivity index (χ4n) is 2.29. The van der Waals surface area contributed by atoms with Crippen molar-refractivity contribution < 1.29 is 9.59 Å². The second-order valence-electron chi connectivity index (χ2n) is 5.51. The first-order valence-electron chi connectivity index (χ1n) is 6.65. The van der Waals surface area contributed by atoms with Crippen LogP contribution in [-0.2, 0) is 9.59 Å². The summed E-state index contributed by atoms with van der Waals surface area (Å²) in [5.41, 5.74) is 1.93. The number of piperazine rings is 1. The summed E-state index contributed by atoms with van der Waals surface area (Å²) in [5.74, 6) is 0.259. The van der Waals surface area contributed by atoms with E-state index in [1.807, 2.05) is 45.0 Å². The summed E-state index contributed by atoms with van der Waals surface area (Å²) in [6, 6.07) is 7.28. The first-order chi connectivity index (χ1) is 8.97. The molecule has 1 N–H and O–H groups in total. The Hall–Kier alpha value is -1.84. The molecule has 2 amide bonds. The predicted octanol–water partition coefficient (Wildman–Crippen LogP) is 1.87. The summed E-state index contributed by atoms with van der Waals surface area (Å²) < 4.78 is 0. The Morgan fingerprint density at radius 2 is 1.89 bits per heavy atom. The van der Waals surface area contributed by atoms with Gasteiger partial charge in [-0.2, -0.15) is 0 Å². The lowest BCUT2D eigenvalue weighted by Crippen LogP contribution is -2.58. The number of rotatable bonds is 3. The predicted molar refractivity (Wildman–Crippen MR) is 74.9 cm³/mol. The number of nitrogens with zero attached hydrogens (tertiary/aromatic N) is 1. The second-order valence-corrected chi connectivity index (χ2v) is 5.51. The van der Waals surface area contributed by atoms with Crippen molar-refractivity contribution in [2.75, 3.05) is 11.4 Å².